The first-order chi connectivity index (χ1) is 15.8. The topological polar surface area (TPSA) is 116 Å². The number of nitrogens with zero attached hydrogens (tertiary/aromatic N) is 3. The van der Waals surface area contributed by atoms with E-state index < -0.39 is 23.3 Å². The molecule has 2 aromatic heterocycles. The van der Waals surface area contributed by atoms with Gasteiger partial charge in [0.05, 0.1) is 15.2 Å². The zero-order valence-corrected chi connectivity index (χ0v) is 21.8. The summed E-state index contributed by atoms with van der Waals surface area (Å²) < 4.78 is 33.8. The number of aromatic nitrogens is 2. The van der Waals surface area contributed by atoms with Gasteiger partial charge in [0.25, 0.3) is 10.0 Å². The van der Waals surface area contributed by atoms with Crippen LogP contribution < -0.4 is 5.32 Å². The number of hydrogen-bond donors (Lipinski definition) is 1. The summed E-state index contributed by atoms with van der Waals surface area (Å²) in [5.41, 5.74) is 0.245. The van der Waals surface area contributed by atoms with Crippen LogP contribution in [0.4, 0.5) is 11.4 Å². The maximum atomic E-state index is 13.1. The molecule has 1 aliphatic carbocycles. The van der Waals surface area contributed by atoms with Crippen molar-refractivity contribution in [3.63, 3.8) is 0 Å². The van der Waals surface area contributed by atoms with Crippen LogP contribution in [-0.2, 0) is 14.4 Å². The number of hydrogen-bond acceptors (Lipinski definition) is 7. The number of nitrogens with one attached hydrogen (secondary N) is 1. The molecule has 1 fully saturated rings. The first kappa shape index (κ1) is 24.4. The molecule has 0 amide bonds. The molecule has 182 valence electrons. The predicted octanol–water partition coefficient (Wildman–Crippen LogP) is 5.15. The molecule has 1 N–H and O–H groups in total. The number of nitro groups is 1. The van der Waals surface area contributed by atoms with Crippen LogP contribution in [0.3, 0.4) is 0 Å². The van der Waals surface area contributed by atoms with E-state index in [0.29, 0.717) is 5.39 Å². The van der Waals surface area contributed by atoms with Gasteiger partial charge in [0.1, 0.15) is 11.9 Å². The maximum Gasteiger partial charge on any atom is 0.311 e. The molecule has 0 aliphatic heterocycles. The number of pyridine rings is 1. The molecular weight excluding hydrogens is 472 g/mol. The van der Waals surface area contributed by atoms with Gasteiger partial charge in [0, 0.05) is 18.3 Å². The van der Waals surface area contributed by atoms with E-state index in [1.54, 1.807) is 24.3 Å². The van der Waals surface area contributed by atoms with E-state index in [9.17, 15) is 18.5 Å². The van der Waals surface area contributed by atoms with Gasteiger partial charge >= 0.3 is 5.69 Å². The van der Waals surface area contributed by atoms with Gasteiger partial charge in [-0.25, -0.2) is 17.4 Å². The van der Waals surface area contributed by atoms with Crippen molar-refractivity contribution < 1.29 is 17.8 Å². The molecule has 34 heavy (non-hydrogen) atoms. The molecule has 0 atom stereocenters. The fourth-order valence-electron chi connectivity index (χ4n) is 3.82. The molecule has 0 bridgehead atoms. The van der Waals surface area contributed by atoms with Gasteiger partial charge in [0.2, 0.25) is 0 Å². The van der Waals surface area contributed by atoms with Crippen LogP contribution in [-0.4, -0.2) is 42.8 Å². The first-order valence-electron chi connectivity index (χ1n) is 11.2. The second-order valence-corrected chi connectivity index (χ2v) is 16.8. The second kappa shape index (κ2) is 8.47. The lowest BCUT2D eigenvalue weighted by Crippen LogP contribution is -2.50. The van der Waals surface area contributed by atoms with Crippen LogP contribution in [0.1, 0.15) is 33.6 Å². The third-order valence-electron chi connectivity index (χ3n) is 6.87. The molecule has 3 aromatic rings. The van der Waals surface area contributed by atoms with Gasteiger partial charge < -0.3 is 9.74 Å². The molecule has 2 heterocycles. The van der Waals surface area contributed by atoms with Crippen LogP contribution in [0.5, 0.6) is 0 Å². The highest BCUT2D eigenvalue weighted by atomic mass is 32.2. The third kappa shape index (κ3) is 4.35. The van der Waals surface area contributed by atoms with E-state index in [1.165, 1.54) is 18.3 Å². The Morgan fingerprint density at radius 3 is 2.41 bits per heavy atom. The fraction of sp³-hybridized carbons (Fsp3) is 0.435. The van der Waals surface area contributed by atoms with Crippen molar-refractivity contribution in [2.45, 2.75) is 68.8 Å². The van der Waals surface area contributed by atoms with Gasteiger partial charge in [-0.2, -0.15) is 0 Å². The SMILES string of the molecule is CC(C)(C)[Si](C)(C)OC1CC(Nc2c([N+](=O)[O-])cnc3c2ccn3S(=O)(=O)c2ccccc2)C1. The monoisotopic (exact) mass is 502 g/mol. The molecule has 0 spiro atoms. The van der Waals surface area contributed by atoms with Crippen LogP contribution in [0.25, 0.3) is 11.0 Å². The lowest BCUT2D eigenvalue weighted by molar-refractivity contribution is -0.384. The highest BCUT2D eigenvalue weighted by Gasteiger charge is 2.43. The van der Waals surface area contributed by atoms with Crippen molar-refractivity contribution in [2.75, 3.05) is 5.32 Å². The minimum atomic E-state index is -3.89. The first-order valence-corrected chi connectivity index (χ1v) is 15.6. The van der Waals surface area contributed by atoms with Gasteiger partial charge in [-0.1, -0.05) is 39.0 Å². The molecule has 4 rings (SSSR count). The molecule has 1 aromatic carbocycles. The van der Waals surface area contributed by atoms with E-state index in [1.807, 2.05) is 0 Å². The van der Waals surface area contributed by atoms with Crippen molar-refractivity contribution in [3.05, 3.63) is 58.9 Å². The molecule has 0 unspecified atom stereocenters. The van der Waals surface area contributed by atoms with Crippen LogP contribution in [0, 0.1) is 10.1 Å². The number of fused-ring (bicyclic) bond motifs is 1. The lowest BCUT2D eigenvalue weighted by atomic mass is 9.89. The average Bonchev–Trinajstić information content (AvgIpc) is 3.17. The van der Waals surface area contributed by atoms with Crippen molar-refractivity contribution in [1.29, 1.82) is 0 Å². The van der Waals surface area contributed by atoms with Crippen LogP contribution >= 0.6 is 0 Å². The summed E-state index contributed by atoms with van der Waals surface area (Å²) in [5, 5.41) is 15.5. The fourth-order valence-corrected chi connectivity index (χ4v) is 6.52. The number of benzene rings is 1. The van der Waals surface area contributed by atoms with Crippen LogP contribution in [0.15, 0.2) is 53.7 Å². The zero-order chi connectivity index (χ0) is 24.9. The van der Waals surface area contributed by atoms with Gasteiger partial charge in [-0.3, -0.25) is 10.1 Å². The minimum Gasteiger partial charge on any atom is -0.414 e. The third-order valence-corrected chi connectivity index (χ3v) is 13.1. The largest absolute Gasteiger partial charge is 0.414 e. The lowest BCUT2D eigenvalue weighted by Gasteiger charge is -2.45. The Bertz CT molecular complexity index is 1330. The minimum absolute atomic E-state index is 0.00634. The molecule has 9 nitrogen and oxygen atoms in total. The normalized spacial score (nSPS) is 19.1. The molecule has 11 heteroatoms. The predicted molar refractivity (Wildman–Crippen MR) is 134 cm³/mol. The summed E-state index contributed by atoms with van der Waals surface area (Å²) >= 11 is 0. The van der Waals surface area contributed by atoms with E-state index in [2.05, 4.69) is 44.2 Å². The number of rotatable bonds is 7. The Balaban J connectivity index is 1.62. The van der Waals surface area contributed by atoms with Crippen molar-refractivity contribution in [3.8, 4) is 0 Å². The van der Waals surface area contributed by atoms with E-state index in [0.717, 1.165) is 23.0 Å². The Labute approximate surface area is 200 Å². The van der Waals surface area contributed by atoms with Crippen molar-refractivity contribution in [2.24, 2.45) is 0 Å². The summed E-state index contributed by atoms with van der Waals surface area (Å²) in [6.45, 7) is 11.0. The van der Waals surface area contributed by atoms with Gasteiger partial charge in [-0.05, 0) is 49.2 Å². The Morgan fingerprint density at radius 2 is 1.82 bits per heavy atom. The highest BCUT2D eigenvalue weighted by Crippen LogP contribution is 2.42. The summed E-state index contributed by atoms with van der Waals surface area (Å²) in [5.74, 6) is 0. The van der Waals surface area contributed by atoms with Gasteiger partial charge in [0.15, 0.2) is 14.0 Å². The smallest absolute Gasteiger partial charge is 0.311 e. The Kier molecular flexibility index (Phi) is 6.07. The summed E-state index contributed by atoms with van der Waals surface area (Å²) in [7, 11) is -5.79. The summed E-state index contributed by atoms with van der Waals surface area (Å²) in [4.78, 5) is 15.5. The van der Waals surface area contributed by atoms with E-state index in [4.69, 9.17) is 4.43 Å². The summed E-state index contributed by atoms with van der Waals surface area (Å²) in [6.07, 6.45) is 4.08. The standard InChI is InChI=1S/C23H30N4O5SSi/c1-23(2,3)34(4,5)32-17-13-16(14-17)25-21-19-11-12-26(22(19)24-15-20(21)27(28)29)33(30,31)18-9-7-6-8-10-18/h6-12,15-17H,13-14H2,1-5H3,(H,24,25). The Morgan fingerprint density at radius 1 is 1.18 bits per heavy atom. The second-order valence-electron chi connectivity index (χ2n) is 10.3. The van der Waals surface area contributed by atoms with E-state index in [-0.39, 0.29) is 39.1 Å². The summed E-state index contributed by atoms with van der Waals surface area (Å²) in [6, 6.07) is 9.57. The molecule has 0 radical (unpaired) electrons. The van der Waals surface area contributed by atoms with Crippen molar-refractivity contribution in [1.82, 2.24) is 8.96 Å². The van der Waals surface area contributed by atoms with Crippen molar-refractivity contribution >= 4 is 40.7 Å². The number of anilines is 1. The highest BCUT2D eigenvalue weighted by molar-refractivity contribution is 7.90. The Hall–Kier alpha value is -2.76. The molecule has 1 saturated carbocycles. The maximum absolute atomic E-state index is 13.1. The molecule has 0 saturated heterocycles. The van der Waals surface area contributed by atoms with Crippen LogP contribution in [0.2, 0.25) is 18.1 Å². The van der Waals surface area contributed by atoms with Gasteiger partial charge in [-0.15, -0.1) is 0 Å². The zero-order valence-electron chi connectivity index (χ0n) is 20.0. The molecule has 1 aliphatic rings. The quantitative estimate of drug-likeness (QED) is 0.270. The van der Waals surface area contributed by atoms with E-state index >= 15 is 0 Å². The average molecular weight is 503 g/mol. The molecular formula is C23H30N4O5SSi.